The molecule has 6 nitrogen and oxygen atoms in total. The number of rotatable bonds is 9. The van der Waals surface area contributed by atoms with Gasteiger partial charge in [-0.05, 0) is 38.3 Å². The third kappa shape index (κ3) is 6.44. The van der Waals surface area contributed by atoms with Crippen LogP contribution in [0.4, 0.5) is 4.79 Å². The van der Waals surface area contributed by atoms with Gasteiger partial charge in [-0.15, -0.1) is 0 Å². The standard InChI is InChI=1S/C12H23N3O3/c1-2-13-6-3-7-14-12(18)15(9-11(16)17)8-10-4-5-10/h10,13H,2-9H2,1H3,(H,14,18)(H,16,17). The van der Waals surface area contributed by atoms with E-state index < -0.39 is 5.97 Å². The number of carbonyl (C=O) groups excluding carboxylic acids is 1. The van der Waals surface area contributed by atoms with Gasteiger partial charge in [-0.25, -0.2) is 4.79 Å². The first-order valence-corrected chi connectivity index (χ1v) is 6.58. The smallest absolute Gasteiger partial charge is 0.323 e. The highest BCUT2D eigenvalue weighted by Crippen LogP contribution is 2.29. The number of aliphatic carboxylic acids is 1. The first kappa shape index (κ1) is 14.8. The van der Waals surface area contributed by atoms with Crippen LogP contribution in [0.1, 0.15) is 26.2 Å². The number of nitrogens with one attached hydrogen (secondary N) is 2. The van der Waals surface area contributed by atoms with E-state index in [1.807, 2.05) is 6.92 Å². The number of amides is 2. The van der Waals surface area contributed by atoms with E-state index in [-0.39, 0.29) is 12.6 Å². The van der Waals surface area contributed by atoms with Gasteiger partial charge in [0.2, 0.25) is 0 Å². The van der Waals surface area contributed by atoms with E-state index in [1.54, 1.807) is 0 Å². The third-order valence-electron chi connectivity index (χ3n) is 2.85. The van der Waals surface area contributed by atoms with Crippen LogP contribution in [-0.2, 0) is 4.79 Å². The van der Waals surface area contributed by atoms with Crippen LogP contribution in [0.15, 0.2) is 0 Å². The minimum atomic E-state index is -0.960. The Bertz CT molecular complexity index is 280. The van der Waals surface area contributed by atoms with Gasteiger partial charge < -0.3 is 20.6 Å². The second-order valence-electron chi connectivity index (χ2n) is 4.66. The molecular formula is C12H23N3O3. The van der Waals surface area contributed by atoms with Crippen molar-refractivity contribution < 1.29 is 14.7 Å². The van der Waals surface area contributed by atoms with Crippen molar-refractivity contribution in [2.45, 2.75) is 26.2 Å². The van der Waals surface area contributed by atoms with Gasteiger partial charge in [0, 0.05) is 13.1 Å². The summed E-state index contributed by atoms with van der Waals surface area (Å²) in [5, 5.41) is 14.7. The summed E-state index contributed by atoms with van der Waals surface area (Å²) < 4.78 is 0. The maximum absolute atomic E-state index is 11.8. The summed E-state index contributed by atoms with van der Waals surface area (Å²) in [5.74, 6) is -0.463. The zero-order chi connectivity index (χ0) is 13.4. The van der Waals surface area contributed by atoms with Crippen molar-refractivity contribution in [1.82, 2.24) is 15.5 Å². The summed E-state index contributed by atoms with van der Waals surface area (Å²) in [7, 11) is 0. The predicted octanol–water partition coefficient (Wildman–Crippen LogP) is 0.492. The average molecular weight is 257 g/mol. The molecule has 3 N–H and O–H groups in total. The van der Waals surface area contributed by atoms with Gasteiger partial charge in [-0.3, -0.25) is 4.79 Å². The quantitative estimate of drug-likeness (QED) is 0.525. The molecule has 0 aromatic rings. The topological polar surface area (TPSA) is 81.7 Å². The number of carbonyl (C=O) groups is 2. The molecule has 0 heterocycles. The van der Waals surface area contributed by atoms with E-state index in [4.69, 9.17) is 5.11 Å². The Labute approximate surface area is 108 Å². The lowest BCUT2D eigenvalue weighted by Crippen LogP contribution is -2.44. The molecule has 0 aromatic heterocycles. The molecule has 0 saturated heterocycles. The first-order valence-electron chi connectivity index (χ1n) is 6.58. The molecule has 0 atom stereocenters. The molecule has 1 fully saturated rings. The highest BCUT2D eigenvalue weighted by Gasteiger charge is 2.27. The van der Waals surface area contributed by atoms with E-state index in [1.165, 1.54) is 4.90 Å². The van der Waals surface area contributed by atoms with Gasteiger partial charge in [0.05, 0.1) is 0 Å². The van der Waals surface area contributed by atoms with Crippen LogP contribution in [0.2, 0.25) is 0 Å². The lowest BCUT2D eigenvalue weighted by molar-refractivity contribution is -0.137. The summed E-state index contributed by atoms with van der Waals surface area (Å²) >= 11 is 0. The molecule has 1 saturated carbocycles. The number of carboxylic acids is 1. The van der Waals surface area contributed by atoms with Crippen LogP contribution in [0.3, 0.4) is 0 Å². The molecule has 1 rings (SSSR count). The zero-order valence-corrected chi connectivity index (χ0v) is 10.9. The average Bonchev–Trinajstić information content (AvgIpc) is 3.11. The maximum atomic E-state index is 11.8. The molecule has 0 aromatic carbocycles. The summed E-state index contributed by atoms with van der Waals surface area (Å²) in [5.41, 5.74) is 0. The van der Waals surface area contributed by atoms with Crippen molar-refractivity contribution in [3.05, 3.63) is 0 Å². The van der Waals surface area contributed by atoms with Crippen molar-refractivity contribution in [1.29, 1.82) is 0 Å². The summed E-state index contributed by atoms with van der Waals surface area (Å²) in [6.45, 7) is 4.73. The van der Waals surface area contributed by atoms with Crippen molar-refractivity contribution in [2.24, 2.45) is 5.92 Å². The Morgan fingerprint density at radius 3 is 2.61 bits per heavy atom. The number of nitrogens with zero attached hydrogens (tertiary/aromatic N) is 1. The van der Waals surface area contributed by atoms with E-state index in [0.29, 0.717) is 19.0 Å². The Hall–Kier alpha value is -1.30. The summed E-state index contributed by atoms with van der Waals surface area (Å²) in [4.78, 5) is 23.9. The molecule has 18 heavy (non-hydrogen) atoms. The van der Waals surface area contributed by atoms with Crippen LogP contribution in [-0.4, -0.2) is 54.7 Å². The molecule has 1 aliphatic carbocycles. The number of hydrogen-bond acceptors (Lipinski definition) is 3. The molecule has 0 spiro atoms. The van der Waals surface area contributed by atoms with Crippen LogP contribution in [0.25, 0.3) is 0 Å². The van der Waals surface area contributed by atoms with Gasteiger partial charge >= 0.3 is 12.0 Å². The highest BCUT2D eigenvalue weighted by atomic mass is 16.4. The Morgan fingerprint density at radius 1 is 1.33 bits per heavy atom. The normalized spacial score (nSPS) is 14.3. The van der Waals surface area contributed by atoms with Crippen LogP contribution < -0.4 is 10.6 Å². The summed E-state index contributed by atoms with van der Waals surface area (Å²) in [6, 6.07) is -0.263. The second-order valence-corrected chi connectivity index (χ2v) is 4.66. The van der Waals surface area contributed by atoms with Crippen LogP contribution in [0, 0.1) is 5.92 Å². The second kappa shape index (κ2) is 7.92. The van der Waals surface area contributed by atoms with Crippen LogP contribution >= 0.6 is 0 Å². The largest absolute Gasteiger partial charge is 0.480 e. The Kier molecular flexibility index (Phi) is 6.49. The van der Waals surface area contributed by atoms with E-state index in [2.05, 4.69) is 10.6 Å². The molecule has 2 amide bonds. The van der Waals surface area contributed by atoms with Gasteiger partial charge in [0.1, 0.15) is 6.54 Å². The van der Waals surface area contributed by atoms with E-state index in [0.717, 1.165) is 32.4 Å². The molecule has 0 aliphatic heterocycles. The van der Waals surface area contributed by atoms with Crippen molar-refractivity contribution in [3.8, 4) is 0 Å². The Balaban J connectivity index is 2.22. The third-order valence-corrected chi connectivity index (χ3v) is 2.85. The minimum absolute atomic E-state index is 0.213. The van der Waals surface area contributed by atoms with Gasteiger partial charge in [-0.2, -0.15) is 0 Å². The SMILES string of the molecule is CCNCCCNC(=O)N(CC(=O)O)CC1CC1. The molecule has 6 heteroatoms. The monoisotopic (exact) mass is 257 g/mol. The van der Waals surface area contributed by atoms with Gasteiger partial charge in [-0.1, -0.05) is 6.92 Å². The highest BCUT2D eigenvalue weighted by molar-refractivity contribution is 5.80. The summed E-state index contributed by atoms with van der Waals surface area (Å²) in [6.07, 6.45) is 3.05. The molecule has 0 radical (unpaired) electrons. The van der Waals surface area contributed by atoms with Crippen molar-refractivity contribution in [3.63, 3.8) is 0 Å². The Morgan fingerprint density at radius 2 is 2.06 bits per heavy atom. The number of hydrogen-bond donors (Lipinski definition) is 3. The van der Waals surface area contributed by atoms with Gasteiger partial charge in [0.15, 0.2) is 0 Å². The first-order chi connectivity index (χ1) is 8.63. The number of urea groups is 1. The van der Waals surface area contributed by atoms with E-state index in [9.17, 15) is 9.59 Å². The molecular weight excluding hydrogens is 234 g/mol. The fourth-order valence-corrected chi connectivity index (χ4v) is 1.69. The van der Waals surface area contributed by atoms with Crippen LogP contribution in [0.5, 0.6) is 0 Å². The van der Waals surface area contributed by atoms with Gasteiger partial charge in [0.25, 0.3) is 0 Å². The zero-order valence-electron chi connectivity index (χ0n) is 10.9. The van der Waals surface area contributed by atoms with E-state index >= 15 is 0 Å². The van der Waals surface area contributed by atoms with Crippen molar-refractivity contribution >= 4 is 12.0 Å². The predicted molar refractivity (Wildman–Crippen MR) is 68.5 cm³/mol. The fraction of sp³-hybridized carbons (Fsp3) is 0.833. The lowest BCUT2D eigenvalue weighted by Gasteiger charge is -2.21. The maximum Gasteiger partial charge on any atom is 0.323 e. The molecule has 104 valence electrons. The molecule has 1 aliphatic rings. The fourth-order valence-electron chi connectivity index (χ4n) is 1.69. The number of carboxylic acid groups (broad SMARTS) is 1. The minimum Gasteiger partial charge on any atom is -0.480 e. The molecule has 0 unspecified atom stereocenters. The van der Waals surface area contributed by atoms with Crippen molar-refractivity contribution in [2.75, 3.05) is 32.7 Å². The molecule has 0 bridgehead atoms. The lowest BCUT2D eigenvalue weighted by atomic mass is 10.3.